The zero-order chi connectivity index (χ0) is 8.43. The number of benzene rings is 1. The molecule has 0 heterocycles. The number of methoxy groups -OCH3 is 1. The van der Waals surface area contributed by atoms with Crippen molar-refractivity contribution in [3.63, 3.8) is 0 Å². The summed E-state index contributed by atoms with van der Waals surface area (Å²) in [6, 6.07) is 2.58. The van der Waals surface area contributed by atoms with E-state index in [0.29, 0.717) is 0 Å². The van der Waals surface area contributed by atoms with Crippen molar-refractivity contribution in [2.24, 2.45) is 0 Å². The number of hydrogen-bond donors (Lipinski definition) is 0. The van der Waals surface area contributed by atoms with Gasteiger partial charge < -0.3 is 4.74 Å². The maximum atomic E-state index is 12.7. The highest BCUT2D eigenvalue weighted by Crippen LogP contribution is 2.30. The highest BCUT2D eigenvalue weighted by Gasteiger charge is 2.07. The first-order valence-electron chi connectivity index (χ1n) is 2.83. The average Bonchev–Trinajstić information content (AvgIpc) is 1.96. The lowest BCUT2D eigenvalue weighted by molar-refractivity contribution is 0.411. The quantitative estimate of drug-likeness (QED) is 0.625. The van der Waals surface area contributed by atoms with Gasteiger partial charge in [0.1, 0.15) is 16.6 Å². The summed E-state index contributed by atoms with van der Waals surface area (Å²) < 4.78 is 17.5. The van der Waals surface area contributed by atoms with Crippen molar-refractivity contribution in [2.75, 3.05) is 7.11 Å². The number of ether oxygens (including phenoxy) is 1. The molecule has 0 spiro atoms. The van der Waals surface area contributed by atoms with Gasteiger partial charge in [0, 0.05) is 11.1 Å². The minimum atomic E-state index is -0.573. The lowest BCUT2D eigenvalue weighted by Crippen LogP contribution is -1.86. The summed E-state index contributed by atoms with van der Waals surface area (Å²) in [4.78, 5) is 0. The zero-order valence-electron chi connectivity index (χ0n) is 5.70. The number of halogens is 3. The summed E-state index contributed by atoms with van der Waals surface area (Å²) >= 11 is 11.0. The van der Waals surface area contributed by atoms with Gasteiger partial charge in [-0.05, 0) is 6.07 Å². The zero-order valence-corrected chi connectivity index (χ0v) is 7.21. The molecule has 0 amide bonds. The third-order valence-electron chi connectivity index (χ3n) is 1.18. The van der Waals surface area contributed by atoms with Crippen LogP contribution in [0.25, 0.3) is 0 Å². The molecule has 0 atom stereocenters. The van der Waals surface area contributed by atoms with Gasteiger partial charge in [-0.15, -0.1) is 0 Å². The van der Waals surface area contributed by atoms with E-state index >= 15 is 0 Å². The molecule has 1 aromatic rings. The van der Waals surface area contributed by atoms with Crippen LogP contribution in [0.15, 0.2) is 12.1 Å². The lowest BCUT2D eigenvalue weighted by Gasteiger charge is -2.03. The summed E-state index contributed by atoms with van der Waals surface area (Å²) in [6.07, 6.45) is 0. The van der Waals surface area contributed by atoms with E-state index in [1.165, 1.54) is 13.2 Å². The SMILES string of the molecule is COc1cc(Cl)cc(F)c1Cl. The lowest BCUT2D eigenvalue weighted by atomic mass is 10.3. The molecule has 0 aliphatic carbocycles. The van der Waals surface area contributed by atoms with Crippen LogP contribution in [-0.4, -0.2) is 7.11 Å². The Labute approximate surface area is 73.7 Å². The summed E-state index contributed by atoms with van der Waals surface area (Å²) in [6.45, 7) is 0. The normalized spacial score (nSPS) is 9.82. The summed E-state index contributed by atoms with van der Waals surface area (Å²) in [5.74, 6) is -0.326. The topological polar surface area (TPSA) is 9.23 Å². The van der Waals surface area contributed by atoms with Gasteiger partial charge in [-0.1, -0.05) is 23.2 Å². The van der Waals surface area contributed by atoms with Gasteiger partial charge >= 0.3 is 0 Å². The summed E-state index contributed by atoms with van der Waals surface area (Å²) in [7, 11) is 1.40. The fourth-order valence-corrected chi connectivity index (χ4v) is 1.06. The molecule has 0 saturated carbocycles. The van der Waals surface area contributed by atoms with Crippen LogP contribution in [-0.2, 0) is 0 Å². The van der Waals surface area contributed by atoms with Gasteiger partial charge in [-0.3, -0.25) is 0 Å². The van der Waals surface area contributed by atoms with Gasteiger partial charge in [-0.25, -0.2) is 4.39 Å². The monoisotopic (exact) mass is 194 g/mol. The Morgan fingerprint density at radius 3 is 2.55 bits per heavy atom. The summed E-state index contributed by atoms with van der Waals surface area (Å²) in [5.41, 5.74) is 0. The van der Waals surface area contributed by atoms with Crippen molar-refractivity contribution in [1.29, 1.82) is 0 Å². The molecule has 60 valence electrons. The van der Waals surface area contributed by atoms with Crippen LogP contribution < -0.4 is 4.74 Å². The predicted molar refractivity (Wildman–Crippen MR) is 43.0 cm³/mol. The van der Waals surface area contributed by atoms with Crippen LogP contribution in [0.2, 0.25) is 10.0 Å². The van der Waals surface area contributed by atoms with Crippen molar-refractivity contribution in [2.45, 2.75) is 0 Å². The van der Waals surface area contributed by atoms with E-state index in [4.69, 9.17) is 27.9 Å². The second-order valence-corrected chi connectivity index (χ2v) is 2.72. The van der Waals surface area contributed by atoms with E-state index in [1.54, 1.807) is 0 Å². The second kappa shape index (κ2) is 3.28. The Bertz CT molecular complexity index is 275. The van der Waals surface area contributed by atoms with Crippen LogP contribution in [0.3, 0.4) is 0 Å². The third-order valence-corrected chi connectivity index (χ3v) is 1.76. The largest absolute Gasteiger partial charge is 0.495 e. The molecular formula is C7H5Cl2FO. The van der Waals surface area contributed by atoms with E-state index < -0.39 is 5.82 Å². The molecule has 0 bridgehead atoms. The molecule has 0 N–H and O–H groups in total. The maximum absolute atomic E-state index is 12.7. The van der Waals surface area contributed by atoms with E-state index in [2.05, 4.69) is 0 Å². The molecule has 11 heavy (non-hydrogen) atoms. The molecule has 0 aliphatic rings. The van der Waals surface area contributed by atoms with Gasteiger partial charge in [0.05, 0.1) is 7.11 Å². The Balaban J connectivity index is 3.24. The van der Waals surface area contributed by atoms with E-state index in [-0.39, 0.29) is 15.8 Å². The van der Waals surface area contributed by atoms with E-state index in [0.717, 1.165) is 6.07 Å². The van der Waals surface area contributed by atoms with Gasteiger partial charge in [-0.2, -0.15) is 0 Å². The molecule has 4 heteroatoms. The Morgan fingerprint density at radius 2 is 2.00 bits per heavy atom. The molecule has 0 saturated heterocycles. The molecular weight excluding hydrogens is 190 g/mol. The Hall–Kier alpha value is -0.470. The maximum Gasteiger partial charge on any atom is 0.147 e. The number of rotatable bonds is 1. The first-order chi connectivity index (χ1) is 5.15. The molecule has 1 nitrogen and oxygen atoms in total. The average molecular weight is 195 g/mol. The minimum Gasteiger partial charge on any atom is -0.495 e. The van der Waals surface area contributed by atoms with Crippen LogP contribution in [0.1, 0.15) is 0 Å². The standard InChI is InChI=1S/C7H5Cl2FO/c1-11-6-3-4(8)2-5(10)7(6)9/h2-3H,1H3. The van der Waals surface area contributed by atoms with Crippen molar-refractivity contribution in [3.05, 3.63) is 28.0 Å². The Morgan fingerprint density at radius 1 is 1.36 bits per heavy atom. The smallest absolute Gasteiger partial charge is 0.147 e. The predicted octanol–water partition coefficient (Wildman–Crippen LogP) is 3.14. The first-order valence-corrected chi connectivity index (χ1v) is 3.59. The molecule has 0 unspecified atom stereocenters. The molecule has 0 aliphatic heterocycles. The summed E-state index contributed by atoms with van der Waals surface area (Å²) in [5, 5.41) is 0.223. The third kappa shape index (κ3) is 1.76. The van der Waals surface area contributed by atoms with Crippen molar-refractivity contribution >= 4 is 23.2 Å². The van der Waals surface area contributed by atoms with Gasteiger partial charge in [0.25, 0.3) is 0 Å². The van der Waals surface area contributed by atoms with Crippen molar-refractivity contribution in [1.82, 2.24) is 0 Å². The van der Waals surface area contributed by atoms with Crippen LogP contribution in [0.4, 0.5) is 4.39 Å². The van der Waals surface area contributed by atoms with Crippen LogP contribution in [0.5, 0.6) is 5.75 Å². The number of hydrogen-bond acceptors (Lipinski definition) is 1. The minimum absolute atomic E-state index is 0.0445. The first kappa shape index (κ1) is 8.62. The second-order valence-electron chi connectivity index (χ2n) is 1.90. The van der Waals surface area contributed by atoms with Crippen molar-refractivity contribution in [3.8, 4) is 5.75 Å². The van der Waals surface area contributed by atoms with Crippen LogP contribution in [0, 0.1) is 5.82 Å². The molecule has 0 aromatic heterocycles. The van der Waals surface area contributed by atoms with Crippen molar-refractivity contribution < 1.29 is 9.13 Å². The van der Waals surface area contributed by atoms with Gasteiger partial charge in [0.15, 0.2) is 0 Å². The Kier molecular flexibility index (Phi) is 2.58. The molecule has 0 radical (unpaired) electrons. The van der Waals surface area contributed by atoms with E-state index in [1.807, 2.05) is 0 Å². The van der Waals surface area contributed by atoms with Gasteiger partial charge in [0.2, 0.25) is 0 Å². The fraction of sp³-hybridized carbons (Fsp3) is 0.143. The van der Waals surface area contributed by atoms with E-state index in [9.17, 15) is 4.39 Å². The molecule has 1 rings (SSSR count). The highest BCUT2D eigenvalue weighted by atomic mass is 35.5. The molecule has 1 aromatic carbocycles. The fourth-order valence-electron chi connectivity index (χ4n) is 0.681. The highest BCUT2D eigenvalue weighted by molar-refractivity contribution is 6.34. The molecule has 0 fully saturated rings. The van der Waals surface area contributed by atoms with Crippen LogP contribution >= 0.6 is 23.2 Å².